The average molecular weight is 638 g/mol. The molecule has 3 nitrogen and oxygen atoms in total. The van der Waals surface area contributed by atoms with Crippen LogP contribution in [0.25, 0.3) is 93.2 Å². The normalized spacial score (nSPS) is 13.6. The Hall–Kier alpha value is -6.32. The first kappa shape index (κ1) is 27.6. The molecule has 0 atom stereocenters. The van der Waals surface area contributed by atoms with Gasteiger partial charge in [0.1, 0.15) is 0 Å². The molecule has 8 aromatic carbocycles. The molecule has 0 radical (unpaired) electrons. The molecule has 2 aromatic heterocycles. The molecular weight excluding hydrogens is 607 g/mol. The van der Waals surface area contributed by atoms with Gasteiger partial charge >= 0.3 is 0 Å². The Labute approximate surface area is 289 Å². The Kier molecular flexibility index (Phi) is 5.45. The minimum absolute atomic E-state index is 0.291. The summed E-state index contributed by atoms with van der Waals surface area (Å²) in [5.41, 5.74) is 8.69. The zero-order valence-corrected chi connectivity index (χ0v) is 27.8. The van der Waals surface area contributed by atoms with E-state index in [0.29, 0.717) is 5.95 Å². The number of fused-ring (bicyclic) bond motifs is 15. The molecule has 2 heterocycles. The van der Waals surface area contributed by atoms with Gasteiger partial charge in [0.2, 0.25) is 5.95 Å². The van der Waals surface area contributed by atoms with E-state index in [1.165, 1.54) is 65.0 Å². The van der Waals surface area contributed by atoms with Crippen LogP contribution in [0, 0.1) is 0 Å². The molecule has 0 amide bonds. The monoisotopic (exact) mass is 637 g/mol. The van der Waals surface area contributed by atoms with Crippen molar-refractivity contribution in [2.75, 3.05) is 0 Å². The number of nitrogens with zero attached hydrogens (tertiary/aromatic N) is 3. The molecule has 0 aliphatic heterocycles. The van der Waals surface area contributed by atoms with E-state index in [0.717, 1.165) is 33.5 Å². The van der Waals surface area contributed by atoms with Crippen molar-refractivity contribution in [2.24, 2.45) is 0 Å². The van der Waals surface area contributed by atoms with Crippen LogP contribution < -0.4 is 0 Å². The molecular formula is C47H31N3. The molecule has 10 aromatic rings. The Morgan fingerprint density at radius 1 is 0.460 bits per heavy atom. The number of hydrogen-bond acceptors (Lipinski definition) is 2. The van der Waals surface area contributed by atoms with E-state index in [4.69, 9.17) is 9.97 Å². The maximum absolute atomic E-state index is 5.57. The molecule has 0 N–H and O–H groups in total. The highest BCUT2D eigenvalue weighted by atomic mass is 15.2. The van der Waals surface area contributed by atoms with Gasteiger partial charge in [0.25, 0.3) is 0 Å². The van der Waals surface area contributed by atoms with E-state index in [2.05, 4.69) is 170 Å². The first-order chi connectivity index (χ1) is 24.6. The number of aromatic nitrogens is 3. The van der Waals surface area contributed by atoms with Gasteiger partial charge in [0, 0.05) is 32.7 Å². The maximum Gasteiger partial charge on any atom is 0.235 e. The van der Waals surface area contributed by atoms with Crippen molar-refractivity contribution in [3.05, 3.63) is 163 Å². The van der Waals surface area contributed by atoms with Gasteiger partial charge in [0.05, 0.1) is 22.4 Å². The fourth-order valence-corrected chi connectivity index (χ4v) is 8.91. The number of rotatable bonds is 2. The second kappa shape index (κ2) is 9.87. The van der Waals surface area contributed by atoms with E-state index in [1.54, 1.807) is 0 Å². The summed E-state index contributed by atoms with van der Waals surface area (Å²) in [4.78, 5) is 11.1. The standard InChI is InChI=1S/C47H31N3/c1-47(2)37-23-13-12-22-36(37)42-44(29-15-4-3-5-16-29)48-46(49-45(42)47)50-38-26-24-28-14-6-7-17-30(28)41(38)43-39(50)27-25-35-33-20-9-8-18-31(33)32-19-10-11-21-34(32)40(35)43/h3-27H,1-2H3. The lowest BCUT2D eigenvalue weighted by Gasteiger charge is -2.21. The highest BCUT2D eigenvalue weighted by molar-refractivity contribution is 6.37. The van der Waals surface area contributed by atoms with Crippen molar-refractivity contribution in [1.29, 1.82) is 0 Å². The quantitative estimate of drug-likeness (QED) is 0.177. The van der Waals surface area contributed by atoms with Crippen LogP contribution in [-0.2, 0) is 5.41 Å². The molecule has 50 heavy (non-hydrogen) atoms. The van der Waals surface area contributed by atoms with Crippen molar-refractivity contribution < 1.29 is 0 Å². The molecule has 0 bridgehead atoms. The second-order valence-corrected chi connectivity index (χ2v) is 14.1. The SMILES string of the molecule is CC1(C)c2ccccc2-c2c(-c3ccccc3)nc(-n3c4ccc5ccccc5c4c4c5c6ccccc6c6ccccc6c5ccc43)nc21. The third-order valence-corrected chi connectivity index (χ3v) is 11.1. The predicted octanol–water partition coefficient (Wildman–Crippen LogP) is 12.2. The van der Waals surface area contributed by atoms with Gasteiger partial charge in [-0.1, -0.05) is 153 Å². The summed E-state index contributed by atoms with van der Waals surface area (Å²) >= 11 is 0. The first-order valence-electron chi connectivity index (χ1n) is 17.4. The molecule has 0 saturated carbocycles. The van der Waals surface area contributed by atoms with Gasteiger partial charge in [0.15, 0.2) is 0 Å². The fourth-order valence-electron chi connectivity index (χ4n) is 8.91. The van der Waals surface area contributed by atoms with Gasteiger partial charge < -0.3 is 0 Å². The predicted molar refractivity (Wildman–Crippen MR) is 209 cm³/mol. The van der Waals surface area contributed by atoms with Gasteiger partial charge in [-0.05, 0) is 61.0 Å². The molecule has 11 rings (SSSR count). The lowest BCUT2D eigenvalue weighted by molar-refractivity contribution is 0.632. The fraction of sp³-hybridized carbons (Fsp3) is 0.0638. The third kappa shape index (κ3) is 3.54. The molecule has 234 valence electrons. The third-order valence-electron chi connectivity index (χ3n) is 11.1. The van der Waals surface area contributed by atoms with Crippen molar-refractivity contribution in [1.82, 2.24) is 14.5 Å². The summed E-state index contributed by atoms with van der Waals surface area (Å²) in [6.45, 7) is 4.60. The smallest absolute Gasteiger partial charge is 0.235 e. The minimum Gasteiger partial charge on any atom is -0.278 e. The zero-order valence-electron chi connectivity index (χ0n) is 27.8. The molecule has 0 spiro atoms. The average Bonchev–Trinajstić information content (AvgIpc) is 3.64. The summed E-state index contributed by atoms with van der Waals surface area (Å²) in [5.74, 6) is 0.697. The van der Waals surface area contributed by atoms with Crippen LogP contribution in [0.15, 0.2) is 152 Å². The summed E-state index contributed by atoms with van der Waals surface area (Å²) in [7, 11) is 0. The van der Waals surface area contributed by atoms with Gasteiger partial charge in [-0.3, -0.25) is 4.57 Å². The van der Waals surface area contributed by atoms with Gasteiger partial charge in [-0.25, -0.2) is 9.97 Å². The second-order valence-electron chi connectivity index (χ2n) is 14.1. The highest BCUT2D eigenvalue weighted by Crippen LogP contribution is 2.52. The topological polar surface area (TPSA) is 30.7 Å². The van der Waals surface area contributed by atoms with Crippen LogP contribution in [0.3, 0.4) is 0 Å². The summed E-state index contributed by atoms with van der Waals surface area (Å²) in [6, 6.07) is 55.0. The summed E-state index contributed by atoms with van der Waals surface area (Å²) < 4.78 is 2.33. The molecule has 0 saturated heterocycles. The van der Waals surface area contributed by atoms with Gasteiger partial charge in [-0.2, -0.15) is 0 Å². The van der Waals surface area contributed by atoms with E-state index >= 15 is 0 Å². The van der Waals surface area contributed by atoms with Crippen molar-refractivity contribution >= 4 is 64.9 Å². The number of benzene rings is 8. The molecule has 0 unspecified atom stereocenters. The van der Waals surface area contributed by atoms with Crippen LogP contribution >= 0.6 is 0 Å². The van der Waals surface area contributed by atoms with Crippen LogP contribution in [0.4, 0.5) is 0 Å². The van der Waals surface area contributed by atoms with E-state index in [-0.39, 0.29) is 5.41 Å². The van der Waals surface area contributed by atoms with Crippen LogP contribution in [-0.4, -0.2) is 14.5 Å². The molecule has 0 fully saturated rings. The van der Waals surface area contributed by atoms with E-state index in [9.17, 15) is 0 Å². The maximum atomic E-state index is 5.57. The van der Waals surface area contributed by atoms with Crippen LogP contribution in [0.5, 0.6) is 0 Å². The Morgan fingerprint density at radius 3 is 1.82 bits per heavy atom. The van der Waals surface area contributed by atoms with Crippen LogP contribution in [0.2, 0.25) is 0 Å². The largest absolute Gasteiger partial charge is 0.278 e. The first-order valence-corrected chi connectivity index (χ1v) is 17.4. The minimum atomic E-state index is -0.291. The van der Waals surface area contributed by atoms with Crippen molar-refractivity contribution in [2.45, 2.75) is 19.3 Å². The lowest BCUT2D eigenvalue weighted by atomic mass is 9.85. The number of hydrogen-bond donors (Lipinski definition) is 0. The van der Waals surface area contributed by atoms with E-state index in [1.807, 2.05) is 0 Å². The summed E-state index contributed by atoms with van der Waals surface area (Å²) in [6.07, 6.45) is 0. The van der Waals surface area contributed by atoms with Crippen molar-refractivity contribution in [3.8, 4) is 28.3 Å². The van der Waals surface area contributed by atoms with Crippen LogP contribution in [0.1, 0.15) is 25.1 Å². The molecule has 3 heteroatoms. The lowest BCUT2D eigenvalue weighted by Crippen LogP contribution is -2.18. The Morgan fingerprint density at radius 2 is 1.04 bits per heavy atom. The van der Waals surface area contributed by atoms with Crippen molar-refractivity contribution in [3.63, 3.8) is 0 Å². The zero-order chi connectivity index (χ0) is 33.1. The Bertz CT molecular complexity index is 3020. The highest BCUT2D eigenvalue weighted by Gasteiger charge is 2.40. The van der Waals surface area contributed by atoms with E-state index < -0.39 is 0 Å². The Balaban J connectivity index is 1.36. The molecule has 1 aliphatic carbocycles. The summed E-state index contributed by atoms with van der Waals surface area (Å²) in [5, 5.41) is 12.5. The molecule has 1 aliphatic rings. The van der Waals surface area contributed by atoms with Gasteiger partial charge in [-0.15, -0.1) is 0 Å².